The number of fused-ring (bicyclic) bond motifs is 1. The highest BCUT2D eigenvalue weighted by Gasteiger charge is 2.33. The molecule has 0 bridgehead atoms. The first-order chi connectivity index (χ1) is 16.6. The Kier molecular flexibility index (Phi) is 5.26. The molecule has 4 heterocycles. The molecular weight excluding hydrogens is 454 g/mol. The lowest BCUT2D eigenvalue weighted by Crippen LogP contribution is -2.28. The topological polar surface area (TPSA) is 106 Å². The summed E-state index contributed by atoms with van der Waals surface area (Å²) in [5.74, 6) is 0.570. The van der Waals surface area contributed by atoms with E-state index in [2.05, 4.69) is 21.7 Å². The molecule has 1 saturated heterocycles. The van der Waals surface area contributed by atoms with Gasteiger partial charge in [0.2, 0.25) is 5.91 Å². The minimum atomic E-state index is -0.371. The van der Waals surface area contributed by atoms with Gasteiger partial charge in [0.15, 0.2) is 0 Å². The average Bonchev–Trinajstić information content (AvgIpc) is 3.40. The smallest absolute Gasteiger partial charge is 0.414 e. The molecule has 2 N–H and O–H groups in total. The van der Waals surface area contributed by atoms with Gasteiger partial charge in [0.05, 0.1) is 35.2 Å². The monoisotopic (exact) mass is 477 g/mol. The Morgan fingerprint density at radius 2 is 2.09 bits per heavy atom. The number of aromatic nitrogens is 2. The number of hydrogen-bond donors (Lipinski definition) is 2. The third-order valence-electron chi connectivity index (χ3n) is 6.55. The molecule has 1 fully saturated rings. The Morgan fingerprint density at radius 3 is 3.00 bits per heavy atom. The van der Waals surface area contributed by atoms with Crippen LogP contribution in [-0.4, -0.2) is 53.0 Å². The molecule has 3 aliphatic heterocycles. The second kappa shape index (κ2) is 8.44. The molecule has 0 radical (unpaired) electrons. The van der Waals surface area contributed by atoms with Crippen molar-refractivity contribution in [2.24, 2.45) is 0 Å². The van der Waals surface area contributed by atoms with Crippen LogP contribution < -0.4 is 21.1 Å². The molecule has 2 aromatic carbocycles. The van der Waals surface area contributed by atoms with Crippen LogP contribution in [-0.2, 0) is 16.1 Å². The zero-order chi connectivity index (χ0) is 23.2. The molecule has 3 aromatic rings. The van der Waals surface area contributed by atoms with E-state index in [-0.39, 0.29) is 29.6 Å². The summed E-state index contributed by atoms with van der Waals surface area (Å²) in [6.07, 6.45) is 1.49. The van der Waals surface area contributed by atoms with Crippen LogP contribution in [0.4, 0.5) is 16.2 Å². The normalized spacial score (nSPS) is 21.0. The number of cyclic esters (lactones) is 1. The van der Waals surface area contributed by atoms with Crippen LogP contribution in [0, 0.1) is 0 Å². The van der Waals surface area contributed by atoms with Gasteiger partial charge in [-0.15, -0.1) is 11.8 Å². The van der Waals surface area contributed by atoms with Gasteiger partial charge in [-0.2, -0.15) is 0 Å². The molecule has 1 unspecified atom stereocenters. The number of benzene rings is 2. The van der Waals surface area contributed by atoms with Gasteiger partial charge in [0, 0.05) is 29.6 Å². The van der Waals surface area contributed by atoms with Crippen molar-refractivity contribution in [3.05, 3.63) is 58.5 Å². The highest BCUT2D eigenvalue weighted by atomic mass is 32.2. The molecular formula is C24H23N5O4S. The first kappa shape index (κ1) is 21.2. The van der Waals surface area contributed by atoms with E-state index in [0.717, 1.165) is 39.4 Å². The van der Waals surface area contributed by atoms with Gasteiger partial charge in [-0.3, -0.25) is 14.5 Å². The molecule has 0 aliphatic carbocycles. The molecule has 6 rings (SSSR count). The van der Waals surface area contributed by atoms with Crippen LogP contribution in [0.1, 0.15) is 17.9 Å². The Hall–Kier alpha value is -3.37. The van der Waals surface area contributed by atoms with Gasteiger partial charge in [-0.25, -0.2) is 9.78 Å². The second-order valence-corrected chi connectivity index (χ2v) is 9.76. The molecule has 2 atom stereocenters. The van der Waals surface area contributed by atoms with Crippen molar-refractivity contribution in [1.29, 1.82) is 0 Å². The van der Waals surface area contributed by atoms with Crippen LogP contribution >= 0.6 is 11.8 Å². The van der Waals surface area contributed by atoms with Crippen LogP contribution in [0.2, 0.25) is 0 Å². The molecule has 2 amide bonds. The zero-order valence-electron chi connectivity index (χ0n) is 18.3. The maximum absolute atomic E-state index is 12.5. The van der Waals surface area contributed by atoms with Crippen LogP contribution in [0.15, 0.2) is 52.3 Å². The fraction of sp³-hybridized carbons (Fsp3) is 0.333. The maximum Gasteiger partial charge on any atom is 0.414 e. The lowest BCUT2D eigenvalue weighted by molar-refractivity contribution is -0.113. The number of nitrogens with zero attached hydrogens (tertiary/aromatic N) is 3. The predicted octanol–water partition coefficient (Wildman–Crippen LogP) is 2.54. The lowest BCUT2D eigenvalue weighted by atomic mass is 10.0. The summed E-state index contributed by atoms with van der Waals surface area (Å²) in [5, 5.41) is 6.33. The molecule has 1 aromatic heterocycles. The Morgan fingerprint density at radius 1 is 1.18 bits per heavy atom. The number of rotatable bonds is 6. The van der Waals surface area contributed by atoms with E-state index in [1.807, 2.05) is 30.3 Å². The summed E-state index contributed by atoms with van der Waals surface area (Å²) in [7, 11) is 0. The first-order valence-corrected chi connectivity index (χ1v) is 12.3. The van der Waals surface area contributed by atoms with Crippen molar-refractivity contribution >= 4 is 46.2 Å². The van der Waals surface area contributed by atoms with Gasteiger partial charge in [-0.1, -0.05) is 12.1 Å². The quantitative estimate of drug-likeness (QED) is 0.526. The van der Waals surface area contributed by atoms with E-state index in [0.29, 0.717) is 31.8 Å². The zero-order valence-corrected chi connectivity index (χ0v) is 19.1. The van der Waals surface area contributed by atoms with Crippen molar-refractivity contribution in [2.75, 3.05) is 35.6 Å². The number of nitrogens with one attached hydrogen (secondary N) is 2. The summed E-state index contributed by atoms with van der Waals surface area (Å²) in [6.45, 7) is 2.53. The van der Waals surface area contributed by atoms with Gasteiger partial charge in [0.1, 0.15) is 6.10 Å². The number of hydrogen-bond acceptors (Lipinski definition) is 7. The number of anilines is 2. The number of carbonyl (C=O) groups is 2. The lowest BCUT2D eigenvalue weighted by Gasteiger charge is -2.20. The van der Waals surface area contributed by atoms with E-state index in [1.54, 1.807) is 9.47 Å². The maximum atomic E-state index is 12.5. The minimum absolute atomic E-state index is 0.0367. The summed E-state index contributed by atoms with van der Waals surface area (Å²) in [4.78, 5) is 43.3. The molecule has 10 heteroatoms. The summed E-state index contributed by atoms with van der Waals surface area (Å²) in [6, 6.07) is 11.6. The number of thioether (sulfide) groups is 1. The highest BCUT2D eigenvalue weighted by Crippen LogP contribution is 2.36. The molecule has 0 saturated carbocycles. The number of amides is 2. The molecule has 3 aliphatic rings. The fourth-order valence-corrected chi connectivity index (χ4v) is 5.71. The second-order valence-electron chi connectivity index (χ2n) is 8.75. The fourth-order valence-electron chi connectivity index (χ4n) is 4.92. The van der Waals surface area contributed by atoms with Crippen molar-refractivity contribution in [3.8, 4) is 0 Å². The third kappa shape index (κ3) is 3.72. The molecule has 174 valence electrons. The van der Waals surface area contributed by atoms with E-state index >= 15 is 0 Å². The third-order valence-corrected chi connectivity index (χ3v) is 7.63. The SMILES string of the molecule is O=C1CSc2ccc(N3C[C@@H](CCNCC4Cn5c(=O)cnc6cccc4c65)OC3=O)cc2N1. The number of ether oxygens (including phenoxy) is 1. The van der Waals surface area contributed by atoms with Crippen LogP contribution in [0.25, 0.3) is 11.0 Å². The molecule has 34 heavy (non-hydrogen) atoms. The Balaban J connectivity index is 1.05. The van der Waals surface area contributed by atoms with E-state index in [1.165, 1.54) is 18.0 Å². The van der Waals surface area contributed by atoms with Crippen molar-refractivity contribution in [1.82, 2.24) is 14.9 Å². The van der Waals surface area contributed by atoms with Crippen molar-refractivity contribution < 1.29 is 14.3 Å². The van der Waals surface area contributed by atoms with Gasteiger partial charge in [-0.05, 0) is 42.8 Å². The van der Waals surface area contributed by atoms with Gasteiger partial charge in [0.25, 0.3) is 5.56 Å². The number of para-hydroxylation sites is 1. The predicted molar refractivity (Wildman–Crippen MR) is 130 cm³/mol. The van der Waals surface area contributed by atoms with E-state index in [9.17, 15) is 14.4 Å². The van der Waals surface area contributed by atoms with Gasteiger partial charge >= 0.3 is 6.09 Å². The van der Waals surface area contributed by atoms with E-state index < -0.39 is 0 Å². The molecule has 0 spiro atoms. The van der Waals surface area contributed by atoms with Gasteiger partial charge < -0.3 is 19.9 Å². The summed E-state index contributed by atoms with van der Waals surface area (Å²) in [5.41, 5.74) is 4.31. The number of carbonyl (C=O) groups excluding carboxylic acids is 2. The summed E-state index contributed by atoms with van der Waals surface area (Å²) < 4.78 is 7.39. The average molecular weight is 478 g/mol. The highest BCUT2D eigenvalue weighted by molar-refractivity contribution is 8.00. The van der Waals surface area contributed by atoms with E-state index in [4.69, 9.17) is 4.74 Å². The Bertz CT molecular complexity index is 1370. The standard InChI is InChI=1S/C24H23N5O4S/c30-21-13-34-20-5-4-15(8-19(20)27-21)28-12-16(33-24(28)32)6-7-25-9-14-11-29-22(31)10-26-18-3-1-2-17(14)23(18)29/h1-5,8,10,14,16,25H,6-7,9,11-13H2,(H,27,30)/t14?,16-/m1/s1. The largest absolute Gasteiger partial charge is 0.444 e. The van der Waals surface area contributed by atoms with Crippen LogP contribution in [0.3, 0.4) is 0 Å². The minimum Gasteiger partial charge on any atom is -0.444 e. The van der Waals surface area contributed by atoms with Crippen LogP contribution in [0.5, 0.6) is 0 Å². The molecule has 9 nitrogen and oxygen atoms in total. The van der Waals surface area contributed by atoms with Crippen molar-refractivity contribution in [3.63, 3.8) is 0 Å². The Labute approximate surface area is 199 Å². The van der Waals surface area contributed by atoms with Crippen molar-refractivity contribution in [2.45, 2.75) is 29.9 Å². The first-order valence-electron chi connectivity index (χ1n) is 11.3. The summed E-state index contributed by atoms with van der Waals surface area (Å²) >= 11 is 1.49.